The SMILES string of the molecule is O=C(C[n+]1ccc(-c2ccncc2)cc1)Oc1ccc([N+](=O)[O-])cc1.[Br-]. The fraction of sp³-hybridized carbons (Fsp3) is 0.0556. The Morgan fingerprint density at radius 1 is 1.00 bits per heavy atom. The van der Waals surface area contributed by atoms with Crippen LogP contribution in [-0.4, -0.2) is 15.9 Å². The summed E-state index contributed by atoms with van der Waals surface area (Å²) in [5.41, 5.74) is 2.00. The molecule has 0 aliphatic rings. The lowest BCUT2D eigenvalue weighted by Crippen LogP contribution is -3.00. The maximum atomic E-state index is 12.0. The number of hydrogen-bond donors (Lipinski definition) is 0. The summed E-state index contributed by atoms with van der Waals surface area (Å²) in [6.45, 7) is 0.0353. The lowest BCUT2D eigenvalue weighted by molar-refractivity contribution is -0.685. The fourth-order valence-electron chi connectivity index (χ4n) is 2.25. The van der Waals surface area contributed by atoms with E-state index in [1.54, 1.807) is 29.4 Å². The van der Waals surface area contributed by atoms with Crippen molar-refractivity contribution in [3.63, 3.8) is 0 Å². The number of carbonyl (C=O) groups excluding carboxylic acids is 1. The first kappa shape index (κ1) is 19.2. The van der Waals surface area contributed by atoms with Gasteiger partial charge in [-0.2, -0.15) is 4.57 Å². The van der Waals surface area contributed by atoms with Gasteiger partial charge in [0.1, 0.15) is 5.75 Å². The van der Waals surface area contributed by atoms with Gasteiger partial charge in [0.05, 0.1) is 4.92 Å². The molecule has 8 heteroatoms. The highest BCUT2D eigenvalue weighted by atomic mass is 79.9. The van der Waals surface area contributed by atoms with Crippen LogP contribution in [0.25, 0.3) is 11.1 Å². The second-order valence-electron chi connectivity index (χ2n) is 5.22. The van der Waals surface area contributed by atoms with Crippen LogP contribution < -0.4 is 26.3 Å². The van der Waals surface area contributed by atoms with Crippen molar-refractivity contribution >= 4 is 11.7 Å². The van der Waals surface area contributed by atoms with E-state index in [1.807, 2.05) is 24.3 Å². The molecule has 0 aliphatic carbocycles. The molecular weight excluding hydrogens is 402 g/mol. The molecule has 0 unspecified atom stereocenters. The van der Waals surface area contributed by atoms with Crippen LogP contribution >= 0.6 is 0 Å². The van der Waals surface area contributed by atoms with Crippen LogP contribution in [-0.2, 0) is 11.3 Å². The third-order valence-electron chi connectivity index (χ3n) is 3.50. The molecule has 3 rings (SSSR count). The third-order valence-corrected chi connectivity index (χ3v) is 3.50. The van der Waals surface area contributed by atoms with Crippen LogP contribution in [0.4, 0.5) is 5.69 Å². The second kappa shape index (κ2) is 8.82. The molecule has 2 heterocycles. The van der Waals surface area contributed by atoms with Crippen LogP contribution in [0, 0.1) is 10.1 Å². The first-order chi connectivity index (χ1) is 12.1. The quantitative estimate of drug-likeness (QED) is 0.185. The van der Waals surface area contributed by atoms with E-state index in [0.717, 1.165) is 11.1 Å². The van der Waals surface area contributed by atoms with Gasteiger partial charge in [0.2, 0.25) is 6.54 Å². The molecule has 0 saturated carbocycles. The van der Waals surface area contributed by atoms with E-state index in [2.05, 4.69) is 4.98 Å². The molecule has 0 aliphatic heterocycles. The zero-order valence-electron chi connectivity index (χ0n) is 13.5. The number of benzene rings is 1. The Labute approximate surface area is 159 Å². The third kappa shape index (κ3) is 4.93. The molecule has 1 aromatic carbocycles. The Morgan fingerprint density at radius 3 is 2.15 bits per heavy atom. The Morgan fingerprint density at radius 2 is 1.58 bits per heavy atom. The number of nitro groups is 1. The molecule has 26 heavy (non-hydrogen) atoms. The van der Waals surface area contributed by atoms with Gasteiger partial charge in [0.25, 0.3) is 5.69 Å². The van der Waals surface area contributed by atoms with Gasteiger partial charge < -0.3 is 21.7 Å². The van der Waals surface area contributed by atoms with Gasteiger partial charge in [0, 0.05) is 36.7 Å². The molecular formula is C18H14BrN3O4. The van der Waals surface area contributed by atoms with Gasteiger partial charge in [-0.05, 0) is 35.4 Å². The molecule has 0 N–H and O–H groups in total. The predicted molar refractivity (Wildman–Crippen MR) is 88.6 cm³/mol. The van der Waals surface area contributed by atoms with Crippen molar-refractivity contribution in [1.29, 1.82) is 0 Å². The minimum Gasteiger partial charge on any atom is -1.00 e. The zero-order chi connectivity index (χ0) is 17.6. The molecule has 132 valence electrons. The van der Waals surface area contributed by atoms with Crippen molar-refractivity contribution in [3.8, 4) is 16.9 Å². The van der Waals surface area contributed by atoms with Gasteiger partial charge in [-0.25, -0.2) is 4.79 Å². The molecule has 0 spiro atoms. The average molecular weight is 416 g/mol. The van der Waals surface area contributed by atoms with Crippen molar-refractivity contribution in [2.24, 2.45) is 0 Å². The molecule has 0 amide bonds. The molecule has 2 aromatic heterocycles. The molecule has 0 radical (unpaired) electrons. The largest absolute Gasteiger partial charge is 1.00 e. The summed E-state index contributed by atoms with van der Waals surface area (Å²) in [4.78, 5) is 26.0. The number of ether oxygens (including phenoxy) is 1. The zero-order valence-corrected chi connectivity index (χ0v) is 15.1. The Balaban J connectivity index is 0.00000243. The lowest BCUT2D eigenvalue weighted by atomic mass is 10.1. The summed E-state index contributed by atoms with van der Waals surface area (Å²) < 4.78 is 6.87. The maximum Gasteiger partial charge on any atom is 0.378 e. The Hall–Kier alpha value is -3.13. The first-order valence-electron chi connectivity index (χ1n) is 7.46. The van der Waals surface area contributed by atoms with E-state index in [-0.39, 0.29) is 35.0 Å². The van der Waals surface area contributed by atoms with Crippen LogP contribution in [0.3, 0.4) is 0 Å². The van der Waals surface area contributed by atoms with Crippen molar-refractivity contribution in [2.75, 3.05) is 0 Å². The van der Waals surface area contributed by atoms with Crippen LogP contribution in [0.5, 0.6) is 5.75 Å². The Kier molecular flexibility index (Phi) is 6.51. The maximum absolute atomic E-state index is 12.0. The van der Waals surface area contributed by atoms with Crippen LogP contribution in [0.2, 0.25) is 0 Å². The highest BCUT2D eigenvalue weighted by Crippen LogP contribution is 2.18. The van der Waals surface area contributed by atoms with Gasteiger partial charge in [-0.15, -0.1) is 0 Å². The minimum atomic E-state index is -0.508. The van der Waals surface area contributed by atoms with Crippen molar-refractivity contribution < 1.29 is 36.0 Å². The number of nitro benzene ring substituents is 1. The summed E-state index contributed by atoms with van der Waals surface area (Å²) in [7, 11) is 0. The summed E-state index contributed by atoms with van der Waals surface area (Å²) in [5.74, 6) is -0.194. The van der Waals surface area contributed by atoms with Crippen molar-refractivity contribution in [2.45, 2.75) is 6.54 Å². The molecule has 7 nitrogen and oxygen atoms in total. The average Bonchev–Trinajstić information content (AvgIpc) is 2.63. The van der Waals surface area contributed by atoms with Gasteiger partial charge in [-0.3, -0.25) is 15.1 Å². The van der Waals surface area contributed by atoms with Crippen LogP contribution in [0.1, 0.15) is 0 Å². The van der Waals surface area contributed by atoms with Gasteiger partial charge in [0.15, 0.2) is 12.4 Å². The standard InChI is InChI=1S/C18H14N3O4.BrH/c22-18(25-17-3-1-16(2-4-17)21(23)24)13-20-11-7-15(8-12-20)14-5-9-19-10-6-14;/h1-12H,13H2;1H/q+1;/p-1. The summed E-state index contributed by atoms with van der Waals surface area (Å²) >= 11 is 0. The molecule has 0 saturated heterocycles. The molecule has 0 bridgehead atoms. The number of esters is 1. The number of hydrogen-bond acceptors (Lipinski definition) is 5. The number of carbonyl (C=O) groups is 1. The van der Waals surface area contributed by atoms with E-state index < -0.39 is 10.9 Å². The second-order valence-corrected chi connectivity index (χ2v) is 5.22. The van der Waals surface area contributed by atoms with Crippen molar-refractivity contribution in [3.05, 3.63) is 83.4 Å². The number of rotatable bonds is 5. The monoisotopic (exact) mass is 415 g/mol. The number of halogens is 1. The minimum absolute atomic E-state index is 0. The van der Waals surface area contributed by atoms with E-state index >= 15 is 0 Å². The fourth-order valence-corrected chi connectivity index (χ4v) is 2.25. The molecule has 0 atom stereocenters. The number of pyridine rings is 2. The lowest BCUT2D eigenvalue weighted by Gasteiger charge is -2.03. The van der Waals surface area contributed by atoms with Gasteiger partial charge in [-0.1, -0.05) is 0 Å². The summed E-state index contributed by atoms with van der Waals surface area (Å²) in [6.07, 6.45) is 7.01. The molecule has 0 fully saturated rings. The van der Waals surface area contributed by atoms with Crippen molar-refractivity contribution in [1.82, 2.24) is 4.98 Å². The van der Waals surface area contributed by atoms with Crippen LogP contribution in [0.15, 0.2) is 73.3 Å². The van der Waals surface area contributed by atoms with E-state index in [9.17, 15) is 14.9 Å². The van der Waals surface area contributed by atoms with E-state index in [0.29, 0.717) is 0 Å². The summed E-state index contributed by atoms with van der Waals surface area (Å²) in [5, 5.41) is 10.6. The molecule has 3 aromatic rings. The van der Waals surface area contributed by atoms with E-state index in [4.69, 9.17) is 4.74 Å². The Bertz CT molecular complexity index is 885. The van der Waals surface area contributed by atoms with E-state index in [1.165, 1.54) is 24.3 Å². The number of aromatic nitrogens is 2. The van der Waals surface area contributed by atoms with Gasteiger partial charge >= 0.3 is 5.97 Å². The summed E-state index contributed by atoms with van der Waals surface area (Å²) in [6, 6.07) is 13.0. The highest BCUT2D eigenvalue weighted by molar-refractivity contribution is 5.71. The number of non-ortho nitro benzene ring substituents is 1. The highest BCUT2D eigenvalue weighted by Gasteiger charge is 2.13. The predicted octanol–water partition coefficient (Wildman–Crippen LogP) is -0.446. The topological polar surface area (TPSA) is 86.2 Å². The normalized spacial score (nSPS) is 9.85. The smallest absolute Gasteiger partial charge is 0.378 e. The first-order valence-corrected chi connectivity index (χ1v) is 7.46. The number of nitrogens with zero attached hydrogens (tertiary/aromatic N) is 3.